The van der Waals surface area contributed by atoms with Gasteiger partial charge in [0.2, 0.25) is 0 Å². The Kier molecular flexibility index (Phi) is 2.26. The van der Waals surface area contributed by atoms with Crippen LogP contribution in [0.3, 0.4) is 0 Å². The Morgan fingerprint density at radius 2 is 1.87 bits per heavy atom. The lowest BCUT2D eigenvalue weighted by atomic mass is 9.81. The fourth-order valence-corrected chi connectivity index (χ4v) is 1.94. The fraction of sp³-hybridized carbons (Fsp3) is 0.357. The molecule has 1 atom stereocenters. The van der Waals surface area contributed by atoms with E-state index in [1.165, 1.54) is 5.56 Å². The number of ketones is 1. The van der Waals surface area contributed by atoms with E-state index in [0.29, 0.717) is 5.78 Å². The van der Waals surface area contributed by atoms with Crippen LogP contribution in [0.25, 0.3) is 6.08 Å². The zero-order chi connectivity index (χ0) is 11.1. The Hall–Kier alpha value is -1.37. The molecule has 0 bridgehead atoms. The highest BCUT2D eigenvalue weighted by Gasteiger charge is 2.31. The van der Waals surface area contributed by atoms with Gasteiger partial charge in [-0.05, 0) is 11.1 Å². The number of fused-ring (bicyclic) bond motifs is 1. The zero-order valence-electron chi connectivity index (χ0n) is 9.45. The van der Waals surface area contributed by atoms with E-state index in [0.717, 1.165) is 5.56 Å². The third-order valence-corrected chi connectivity index (χ3v) is 2.82. The first-order chi connectivity index (χ1) is 7.00. The van der Waals surface area contributed by atoms with Gasteiger partial charge in [-0.25, -0.2) is 0 Å². The van der Waals surface area contributed by atoms with Gasteiger partial charge < -0.3 is 0 Å². The molecule has 0 heterocycles. The van der Waals surface area contributed by atoms with Crippen LogP contribution in [-0.2, 0) is 4.79 Å². The Labute approximate surface area is 90.8 Å². The van der Waals surface area contributed by atoms with E-state index < -0.39 is 0 Å². The topological polar surface area (TPSA) is 17.1 Å². The van der Waals surface area contributed by atoms with Crippen LogP contribution in [-0.4, -0.2) is 5.78 Å². The molecule has 0 saturated carbocycles. The molecule has 0 amide bonds. The van der Waals surface area contributed by atoms with Gasteiger partial charge in [0.25, 0.3) is 0 Å². The third kappa shape index (κ3) is 1.74. The maximum Gasteiger partial charge on any atom is 0.149 e. The summed E-state index contributed by atoms with van der Waals surface area (Å²) in [5.41, 5.74) is 2.06. The standard InChI is InChI=1S/C14H16O/c1-14(2,3)13(15)12-9-8-10-6-4-5-7-11(10)12/h4-9,12H,1-3H3. The van der Waals surface area contributed by atoms with Crippen molar-refractivity contribution in [2.75, 3.05) is 0 Å². The van der Waals surface area contributed by atoms with Crippen LogP contribution in [0.2, 0.25) is 0 Å². The van der Waals surface area contributed by atoms with Gasteiger partial charge in [-0.2, -0.15) is 0 Å². The minimum absolute atomic E-state index is 0.0406. The summed E-state index contributed by atoms with van der Waals surface area (Å²) >= 11 is 0. The first-order valence-electron chi connectivity index (χ1n) is 5.31. The Morgan fingerprint density at radius 3 is 2.53 bits per heavy atom. The van der Waals surface area contributed by atoms with E-state index in [1.54, 1.807) is 0 Å². The van der Waals surface area contributed by atoms with Gasteiger partial charge in [-0.3, -0.25) is 4.79 Å². The molecule has 0 radical (unpaired) electrons. The molecule has 1 aromatic rings. The largest absolute Gasteiger partial charge is 0.298 e. The summed E-state index contributed by atoms with van der Waals surface area (Å²) in [5, 5.41) is 0. The van der Waals surface area contributed by atoms with Crippen LogP contribution in [0, 0.1) is 5.41 Å². The molecule has 1 heteroatoms. The first-order valence-corrected chi connectivity index (χ1v) is 5.31. The van der Waals surface area contributed by atoms with Crippen LogP contribution in [0.5, 0.6) is 0 Å². The second kappa shape index (κ2) is 3.34. The van der Waals surface area contributed by atoms with Crippen LogP contribution in [0.1, 0.15) is 37.8 Å². The molecule has 1 aliphatic carbocycles. The smallest absolute Gasteiger partial charge is 0.149 e. The predicted octanol–water partition coefficient (Wildman–Crippen LogP) is 3.41. The molecule has 1 unspecified atom stereocenters. The van der Waals surface area contributed by atoms with Crippen molar-refractivity contribution >= 4 is 11.9 Å². The molecular formula is C14H16O. The number of Topliss-reactive ketones (excluding diaryl/α,β-unsaturated/α-hetero) is 1. The number of hydrogen-bond acceptors (Lipinski definition) is 1. The number of carbonyl (C=O) groups excluding carboxylic acids is 1. The molecule has 0 aliphatic heterocycles. The lowest BCUT2D eigenvalue weighted by Crippen LogP contribution is -2.25. The van der Waals surface area contributed by atoms with E-state index >= 15 is 0 Å². The molecule has 0 saturated heterocycles. The quantitative estimate of drug-likeness (QED) is 0.679. The van der Waals surface area contributed by atoms with E-state index in [9.17, 15) is 4.79 Å². The van der Waals surface area contributed by atoms with Gasteiger partial charge in [0.05, 0.1) is 5.92 Å². The van der Waals surface area contributed by atoms with Gasteiger partial charge in [0.1, 0.15) is 5.78 Å². The van der Waals surface area contributed by atoms with Gasteiger partial charge in [0, 0.05) is 5.41 Å². The van der Waals surface area contributed by atoms with E-state index in [1.807, 2.05) is 51.1 Å². The number of benzene rings is 1. The second-order valence-electron chi connectivity index (χ2n) is 5.08. The van der Waals surface area contributed by atoms with Crippen molar-refractivity contribution in [3.63, 3.8) is 0 Å². The normalized spacial score (nSPS) is 19.0. The van der Waals surface area contributed by atoms with E-state index in [-0.39, 0.29) is 11.3 Å². The molecule has 15 heavy (non-hydrogen) atoms. The fourth-order valence-electron chi connectivity index (χ4n) is 1.94. The summed E-state index contributed by atoms with van der Waals surface area (Å²) in [4.78, 5) is 12.2. The third-order valence-electron chi connectivity index (χ3n) is 2.82. The van der Waals surface area contributed by atoms with Gasteiger partial charge >= 0.3 is 0 Å². The molecule has 0 aromatic heterocycles. The highest BCUT2D eigenvalue weighted by molar-refractivity contribution is 5.95. The SMILES string of the molecule is CC(C)(C)C(=O)C1C=Cc2ccccc21. The Morgan fingerprint density at radius 1 is 1.20 bits per heavy atom. The zero-order valence-corrected chi connectivity index (χ0v) is 9.45. The molecular weight excluding hydrogens is 184 g/mol. The lowest BCUT2D eigenvalue weighted by Gasteiger charge is -2.21. The van der Waals surface area contributed by atoms with Gasteiger partial charge in [-0.1, -0.05) is 57.2 Å². The van der Waals surface area contributed by atoms with Crippen molar-refractivity contribution in [2.24, 2.45) is 5.41 Å². The minimum atomic E-state index is -0.271. The number of carbonyl (C=O) groups is 1. The van der Waals surface area contributed by atoms with E-state index in [4.69, 9.17) is 0 Å². The highest BCUT2D eigenvalue weighted by atomic mass is 16.1. The van der Waals surface area contributed by atoms with Gasteiger partial charge in [0.15, 0.2) is 0 Å². The van der Waals surface area contributed by atoms with Gasteiger partial charge in [-0.15, -0.1) is 0 Å². The van der Waals surface area contributed by atoms with Crippen molar-refractivity contribution in [1.82, 2.24) is 0 Å². The summed E-state index contributed by atoms with van der Waals surface area (Å²) in [7, 11) is 0. The van der Waals surface area contributed by atoms with Crippen LogP contribution in [0.4, 0.5) is 0 Å². The predicted molar refractivity (Wildman–Crippen MR) is 62.7 cm³/mol. The summed E-state index contributed by atoms with van der Waals surface area (Å²) in [6.45, 7) is 5.93. The molecule has 0 spiro atoms. The molecule has 0 N–H and O–H groups in total. The summed E-state index contributed by atoms with van der Waals surface area (Å²) in [6, 6.07) is 8.10. The number of rotatable bonds is 1. The molecule has 78 valence electrons. The Bertz CT molecular complexity index is 421. The maximum atomic E-state index is 12.2. The summed E-state index contributed by atoms with van der Waals surface area (Å²) in [5.74, 6) is 0.255. The number of hydrogen-bond donors (Lipinski definition) is 0. The average molecular weight is 200 g/mol. The van der Waals surface area contributed by atoms with Crippen molar-refractivity contribution in [1.29, 1.82) is 0 Å². The molecule has 0 fully saturated rings. The summed E-state index contributed by atoms with van der Waals surface area (Å²) < 4.78 is 0. The maximum absolute atomic E-state index is 12.2. The second-order valence-corrected chi connectivity index (χ2v) is 5.08. The molecule has 1 nitrogen and oxygen atoms in total. The number of allylic oxidation sites excluding steroid dienone is 1. The van der Waals surface area contributed by atoms with Crippen molar-refractivity contribution < 1.29 is 4.79 Å². The monoisotopic (exact) mass is 200 g/mol. The molecule has 2 rings (SSSR count). The van der Waals surface area contributed by atoms with Crippen molar-refractivity contribution in [3.8, 4) is 0 Å². The van der Waals surface area contributed by atoms with Crippen LogP contribution < -0.4 is 0 Å². The average Bonchev–Trinajstić information content (AvgIpc) is 2.58. The summed E-state index contributed by atoms with van der Waals surface area (Å²) in [6.07, 6.45) is 4.06. The minimum Gasteiger partial charge on any atom is -0.298 e. The van der Waals surface area contributed by atoms with Crippen molar-refractivity contribution in [3.05, 3.63) is 41.5 Å². The Balaban J connectivity index is 2.37. The lowest BCUT2D eigenvalue weighted by molar-refractivity contribution is -0.126. The first kappa shape index (κ1) is 10.2. The molecule has 1 aliphatic rings. The van der Waals surface area contributed by atoms with Crippen molar-refractivity contribution in [2.45, 2.75) is 26.7 Å². The molecule has 1 aromatic carbocycles. The van der Waals surface area contributed by atoms with Crippen LogP contribution >= 0.6 is 0 Å². The highest BCUT2D eigenvalue weighted by Crippen LogP contribution is 2.35. The van der Waals surface area contributed by atoms with Crippen LogP contribution in [0.15, 0.2) is 30.3 Å². The van der Waals surface area contributed by atoms with E-state index in [2.05, 4.69) is 6.07 Å².